The Balaban J connectivity index is 2.05. The monoisotopic (exact) mass is 356 g/mol. The zero-order valence-electron chi connectivity index (χ0n) is 12.6. The first-order valence-electron chi connectivity index (χ1n) is 7.42. The summed E-state index contributed by atoms with van der Waals surface area (Å²) < 4.78 is 23.4. The van der Waals surface area contributed by atoms with Crippen molar-refractivity contribution in [2.75, 3.05) is 23.4 Å². The number of thiocarbonyl (C=S) groups is 1. The molecule has 0 unspecified atom stereocenters. The summed E-state index contributed by atoms with van der Waals surface area (Å²) in [5, 5.41) is 12.3. The molecule has 1 heterocycles. The van der Waals surface area contributed by atoms with Crippen molar-refractivity contribution in [3.05, 3.63) is 30.3 Å². The topological polar surface area (TPSA) is 86.7 Å². The van der Waals surface area contributed by atoms with E-state index in [1.54, 1.807) is 0 Å². The number of anilines is 1. The van der Waals surface area contributed by atoms with Crippen LogP contribution in [0.2, 0.25) is 0 Å². The Morgan fingerprint density at radius 2 is 2.04 bits per heavy atom. The van der Waals surface area contributed by atoms with Crippen LogP contribution in [0.3, 0.4) is 0 Å². The van der Waals surface area contributed by atoms with Crippen LogP contribution in [0, 0.1) is 0 Å². The van der Waals surface area contributed by atoms with Crippen LogP contribution in [0.1, 0.15) is 19.3 Å². The molecule has 0 bridgehead atoms. The molecule has 23 heavy (non-hydrogen) atoms. The van der Waals surface area contributed by atoms with Gasteiger partial charge in [0.25, 0.3) is 0 Å². The molecule has 126 valence electrons. The molecule has 0 radical (unpaired) electrons. The van der Waals surface area contributed by atoms with Crippen LogP contribution in [0.25, 0.3) is 0 Å². The third-order valence-corrected chi connectivity index (χ3v) is 5.81. The van der Waals surface area contributed by atoms with Gasteiger partial charge in [0.2, 0.25) is 0 Å². The molecule has 0 spiro atoms. The highest BCUT2D eigenvalue weighted by molar-refractivity contribution is 7.91. The molecule has 1 aromatic carbocycles. The summed E-state index contributed by atoms with van der Waals surface area (Å²) in [6.45, 7) is 0.422. The lowest BCUT2D eigenvalue weighted by molar-refractivity contribution is -0.137. The van der Waals surface area contributed by atoms with Crippen LogP contribution < -0.4 is 5.32 Å². The van der Waals surface area contributed by atoms with Gasteiger partial charge in [-0.2, -0.15) is 0 Å². The van der Waals surface area contributed by atoms with Gasteiger partial charge in [-0.15, -0.1) is 0 Å². The van der Waals surface area contributed by atoms with Crippen molar-refractivity contribution < 1.29 is 18.3 Å². The number of carboxylic acids is 1. The van der Waals surface area contributed by atoms with Crippen LogP contribution in [-0.2, 0) is 14.6 Å². The molecule has 0 amide bonds. The number of nitrogens with zero attached hydrogens (tertiary/aromatic N) is 1. The second-order valence-electron chi connectivity index (χ2n) is 5.54. The maximum atomic E-state index is 11.7. The molecule has 8 heteroatoms. The first-order chi connectivity index (χ1) is 10.9. The van der Waals surface area contributed by atoms with Gasteiger partial charge in [-0.3, -0.25) is 4.79 Å². The SMILES string of the molecule is O=C(O)CCCN(C(=S)Nc1ccccc1)[C@@H]1CCS(=O)(=O)C1. The van der Waals surface area contributed by atoms with E-state index >= 15 is 0 Å². The Bertz CT molecular complexity index is 661. The lowest BCUT2D eigenvalue weighted by Crippen LogP contribution is -2.44. The molecule has 1 fully saturated rings. The van der Waals surface area contributed by atoms with Gasteiger partial charge < -0.3 is 15.3 Å². The molecule has 1 aliphatic rings. The Morgan fingerprint density at radius 3 is 2.61 bits per heavy atom. The summed E-state index contributed by atoms with van der Waals surface area (Å²) in [5.74, 6) is -0.650. The number of carbonyl (C=O) groups is 1. The second kappa shape index (κ2) is 7.74. The van der Waals surface area contributed by atoms with E-state index in [9.17, 15) is 13.2 Å². The van der Waals surface area contributed by atoms with Crippen LogP contribution in [-0.4, -0.2) is 53.6 Å². The molecule has 1 aromatic rings. The zero-order chi connectivity index (χ0) is 16.9. The average Bonchev–Trinajstić information content (AvgIpc) is 2.84. The number of aliphatic carboxylic acids is 1. The highest BCUT2D eigenvalue weighted by Gasteiger charge is 2.33. The zero-order valence-corrected chi connectivity index (χ0v) is 14.3. The van der Waals surface area contributed by atoms with Gasteiger partial charge in [-0.05, 0) is 37.2 Å². The summed E-state index contributed by atoms with van der Waals surface area (Å²) in [6, 6.07) is 9.18. The fraction of sp³-hybridized carbons (Fsp3) is 0.467. The quantitative estimate of drug-likeness (QED) is 0.751. The Morgan fingerprint density at radius 1 is 1.35 bits per heavy atom. The van der Waals surface area contributed by atoms with Gasteiger partial charge in [-0.25, -0.2) is 8.42 Å². The fourth-order valence-electron chi connectivity index (χ4n) is 2.59. The number of benzene rings is 1. The summed E-state index contributed by atoms with van der Waals surface area (Å²) in [6.07, 6.45) is 0.971. The number of carboxylic acid groups (broad SMARTS) is 1. The highest BCUT2D eigenvalue weighted by Crippen LogP contribution is 2.20. The van der Waals surface area contributed by atoms with Crippen LogP contribution in [0.15, 0.2) is 30.3 Å². The number of sulfone groups is 1. The molecule has 0 aromatic heterocycles. The minimum Gasteiger partial charge on any atom is -0.481 e. The van der Waals surface area contributed by atoms with Crippen molar-refractivity contribution in [2.45, 2.75) is 25.3 Å². The van der Waals surface area contributed by atoms with Crippen molar-refractivity contribution in [1.29, 1.82) is 0 Å². The predicted octanol–water partition coefficient (Wildman–Crippen LogP) is 1.74. The number of hydrogen-bond acceptors (Lipinski definition) is 4. The molecule has 2 rings (SSSR count). The maximum Gasteiger partial charge on any atom is 0.303 e. The predicted molar refractivity (Wildman–Crippen MR) is 93.3 cm³/mol. The summed E-state index contributed by atoms with van der Waals surface area (Å²) in [4.78, 5) is 12.5. The van der Waals surface area contributed by atoms with E-state index < -0.39 is 15.8 Å². The van der Waals surface area contributed by atoms with E-state index in [0.29, 0.717) is 24.5 Å². The summed E-state index contributed by atoms with van der Waals surface area (Å²) in [7, 11) is -3.03. The van der Waals surface area contributed by atoms with E-state index in [2.05, 4.69) is 5.32 Å². The Labute approximate surface area is 141 Å². The van der Waals surface area contributed by atoms with E-state index in [-0.39, 0.29) is 24.0 Å². The van der Waals surface area contributed by atoms with Gasteiger partial charge >= 0.3 is 5.97 Å². The third kappa shape index (κ3) is 5.47. The minimum absolute atomic E-state index is 0.0317. The van der Waals surface area contributed by atoms with E-state index in [1.807, 2.05) is 35.2 Å². The first kappa shape index (κ1) is 17.7. The lowest BCUT2D eigenvalue weighted by atomic mass is 10.2. The Hall–Kier alpha value is -1.67. The van der Waals surface area contributed by atoms with E-state index in [1.165, 1.54) is 0 Å². The smallest absolute Gasteiger partial charge is 0.303 e. The number of nitrogens with one attached hydrogen (secondary N) is 1. The van der Waals surface area contributed by atoms with E-state index in [0.717, 1.165) is 5.69 Å². The van der Waals surface area contributed by atoms with Crippen LogP contribution >= 0.6 is 12.2 Å². The molecule has 1 atom stereocenters. The van der Waals surface area contributed by atoms with Gasteiger partial charge in [0.15, 0.2) is 14.9 Å². The van der Waals surface area contributed by atoms with Crippen molar-refractivity contribution in [2.24, 2.45) is 0 Å². The lowest BCUT2D eigenvalue weighted by Gasteiger charge is -2.31. The number of hydrogen-bond donors (Lipinski definition) is 2. The standard InChI is InChI=1S/C15H20N2O4S2/c18-14(19)7-4-9-17(13-8-10-23(20,21)11-13)15(22)16-12-5-2-1-3-6-12/h1-3,5-6,13H,4,7-11H2,(H,16,22)(H,18,19)/t13-/m1/s1. The maximum absolute atomic E-state index is 11.7. The Kier molecular flexibility index (Phi) is 5.95. The second-order valence-corrected chi connectivity index (χ2v) is 8.16. The first-order valence-corrected chi connectivity index (χ1v) is 9.65. The van der Waals surface area contributed by atoms with Crippen molar-refractivity contribution in [1.82, 2.24) is 4.90 Å². The molecule has 1 saturated heterocycles. The fourth-order valence-corrected chi connectivity index (χ4v) is 4.68. The normalized spacial score (nSPS) is 19.2. The molecule has 0 aliphatic carbocycles. The van der Waals surface area contributed by atoms with E-state index in [4.69, 9.17) is 17.3 Å². The molecule has 1 aliphatic heterocycles. The molecule has 2 N–H and O–H groups in total. The van der Waals surface area contributed by atoms with Gasteiger partial charge in [0, 0.05) is 24.7 Å². The summed E-state index contributed by atoms with van der Waals surface area (Å²) >= 11 is 5.42. The van der Waals surface area contributed by atoms with Crippen molar-refractivity contribution in [3.8, 4) is 0 Å². The van der Waals surface area contributed by atoms with Crippen molar-refractivity contribution >= 4 is 38.8 Å². The minimum atomic E-state index is -3.03. The molecule has 6 nitrogen and oxygen atoms in total. The highest BCUT2D eigenvalue weighted by atomic mass is 32.2. The van der Waals surface area contributed by atoms with Gasteiger partial charge in [-0.1, -0.05) is 18.2 Å². The average molecular weight is 356 g/mol. The molecule has 0 saturated carbocycles. The summed E-state index contributed by atoms with van der Waals surface area (Å²) in [5.41, 5.74) is 0.821. The number of para-hydroxylation sites is 1. The van der Waals surface area contributed by atoms with Crippen LogP contribution in [0.5, 0.6) is 0 Å². The third-order valence-electron chi connectivity index (χ3n) is 3.72. The molecular formula is C15H20N2O4S2. The van der Waals surface area contributed by atoms with Gasteiger partial charge in [0.05, 0.1) is 11.5 Å². The largest absolute Gasteiger partial charge is 0.481 e. The van der Waals surface area contributed by atoms with Crippen molar-refractivity contribution in [3.63, 3.8) is 0 Å². The molecular weight excluding hydrogens is 336 g/mol. The van der Waals surface area contributed by atoms with Gasteiger partial charge in [0.1, 0.15) is 0 Å². The van der Waals surface area contributed by atoms with Crippen LogP contribution in [0.4, 0.5) is 5.69 Å². The number of rotatable bonds is 6.